The second kappa shape index (κ2) is 7.84. The fourth-order valence-electron chi connectivity index (χ4n) is 2.21. The molecule has 3 aromatic carbocycles. The molecule has 0 spiro atoms. The highest BCUT2D eigenvalue weighted by Gasteiger charge is 1.98. The highest BCUT2D eigenvalue weighted by molar-refractivity contribution is 9.10. The fourth-order valence-corrected chi connectivity index (χ4v) is 2.48. The van der Waals surface area contributed by atoms with Crippen LogP contribution in [0.4, 0.5) is 5.69 Å². The molecule has 0 bridgehead atoms. The smallest absolute Gasteiger partial charge is 0.119 e. The van der Waals surface area contributed by atoms with Gasteiger partial charge in [-0.25, -0.2) is 0 Å². The topological polar surface area (TPSA) is 21.3 Å². The molecule has 3 rings (SSSR count). The zero-order valence-electron chi connectivity index (χ0n) is 12.7. The second-order valence-corrected chi connectivity index (χ2v) is 6.19. The van der Waals surface area contributed by atoms with Gasteiger partial charge in [0.05, 0.1) is 0 Å². The summed E-state index contributed by atoms with van der Waals surface area (Å²) in [6, 6.07) is 26.6. The van der Waals surface area contributed by atoms with Crippen LogP contribution in [0.1, 0.15) is 11.1 Å². The first-order valence-corrected chi connectivity index (χ1v) is 8.34. The maximum Gasteiger partial charge on any atom is 0.119 e. The van der Waals surface area contributed by atoms with Gasteiger partial charge in [-0.1, -0.05) is 58.4 Å². The molecule has 116 valence electrons. The molecule has 0 aliphatic carbocycles. The van der Waals surface area contributed by atoms with E-state index >= 15 is 0 Å². The van der Waals surface area contributed by atoms with E-state index in [-0.39, 0.29) is 0 Å². The molecule has 0 aromatic heterocycles. The number of anilines is 1. The third-order valence-electron chi connectivity index (χ3n) is 3.51. The largest absolute Gasteiger partial charge is 0.489 e. The molecule has 0 heterocycles. The zero-order chi connectivity index (χ0) is 15.9. The van der Waals surface area contributed by atoms with Crippen LogP contribution in [-0.4, -0.2) is 0 Å². The summed E-state index contributed by atoms with van der Waals surface area (Å²) in [6.45, 7) is 1.38. The molecule has 2 nitrogen and oxygen atoms in total. The minimum absolute atomic E-state index is 0.578. The van der Waals surface area contributed by atoms with Crippen LogP contribution in [0, 0.1) is 0 Å². The average Bonchev–Trinajstić information content (AvgIpc) is 2.61. The maximum absolute atomic E-state index is 5.81. The molecule has 1 N–H and O–H groups in total. The number of hydrogen-bond donors (Lipinski definition) is 1. The normalized spacial score (nSPS) is 10.3. The Morgan fingerprint density at radius 2 is 1.39 bits per heavy atom. The van der Waals surface area contributed by atoms with E-state index in [1.807, 2.05) is 42.5 Å². The molecule has 0 unspecified atom stereocenters. The summed E-state index contributed by atoms with van der Waals surface area (Å²) in [4.78, 5) is 0. The predicted molar refractivity (Wildman–Crippen MR) is 98.7 cm³/mol. The van der Waals surface area contributed by atoms with Gasteiger partial charge in [-0.15, -0.1) is 0 Å². The molecule has 23 heavy (non-hydrogen) atoms. The van der Waals surface area contributed by atoms with Crippen molar-refractivity contribution in [1.82, 2.24) is 0 Å². The summed E-state index contributed by atoms with van der Waals surface area (Å²) in [5.74, 6) is 0.886. The van der Waals surface area contributed by atoms with Gasteiger partial charge in [0.15, 0.2) is 0 Å². The Morgan fingerprint density at radius 3 is 2.09 bits per heavy atom. The summed E-state index contributed by atoms with van der Waals surface area (Å²) in [6.07, 6.45) is 0. The van der Waals surface area contributed by atoms with Gasteiger partial charge in [0.25, 0.3) is 0 Å². The minimum atomic E-state index is 0.578. The van der Waals surface area contributed by atoms with Gasteiger partial charge in [0.1, 0.15) is 12.4 Å². The molecule has 0 saturated heterocycles. The van der Waals surface area contributed by atoms with E-state index in [2.05, 4.69) is 57.6 Å². The standard InChI is InChI=1S/C20H18BrNO/c21-18-10-6-17(7-11-18)15-23-20-12-8-16(9-13-20)14-22-19-4-2-1-3-5-19/h1-13,22H,14-15H2. The fraction of sp³-hybridized carbons (Fsp3) is 0.100. The van der Waals surface area contributed by atoms with Crippen molar-refractivity contribution >= 4 is 21.6 Å². The first-order chi connectivity index (χ1) is 11.3. The van der Waals surface area contributed by atoms with E-state index in [1.54, 1.807) is 0 Å². The third-order valence-corrected chi connectivity index (χ3v) is 4.04. The van der Waals surface area contributed by atoms with Gasteiger partial charge in [-0.3, -0.25) is 0 Å². The number of para-hydroxylation sites is 1. The molecule has 0 radical (unpaired) electrons. The van der Waals surface area contributed by atoms with Gasteiger partial charge < -0.3 is 10.1 Å². The lowest BCUT2D eigenvalue weighted by atomic mass is 10.2. The Labute approximate surface area is 145 Å². The maximum atomic E-state index is 5.81. The lowest BCUT2D eigenvalue weighted by Crippen LogP contribution is -1.99. The van der Waals surface area contributed by atoms with Crippen LogP contribution < -0.4 is 10.1 Å². The molecular weight excluding hydrogens is 350 g/mol. The van der Waals surface area contributed by atoms with Crippen molar-refractivity contribution in [2.24, 2.45) is 0 Å². The highest BCUT2D eigenvalue weighted by Crippen LogP contribution is 2.17. The number of rotatable bonds is 6. The van der Waals surface area contributed by atoms with Crippen LogP contribution in [-0.2, 0) is 13.2 Å². The Bertz CT molecular complexity index is 724. The van der Waals surface area contributed by atoms with E-state index in [4.69, 9.17) is 4.74 Å². The third kappa shape index (κ3) is 4.86. The van der Waals surface area contributed by atoms with Crippen LogP contribution in [0.3, 0.4) is 0 Å². The van der Waals surface area contributed by atoms with E-state index in [1.165, 1.54) is 5.56 Å². The molecule has 0 amide bonds. The predicted octanol–water partition coefficient (Wildman–Crippen LogP) is 5.64. The number of benzene rings is 3. The van der Waals surface area contributed by atoms with Crippen molar-refractivity contribution in [3.05, 3.63) is 94.5 Å². The summed E-state index contributed by atoms with van der Waals surface area (Å²) in [5.41, 5.74) is 3.51. The van der Waals surface area contributed by atoms with Crippen LogP contribution >= 0.6 is 15.9 Å². The van der Waals surface area contributed by atoms with Gasteiger partial charge in [-0.05, 0) is 47.5 Å². The van der Waals surface area contributed by atoms with Gasteiger partial charge in [-0.2, -0.15) is 0 Å². The van der Waals surface area contributed by atoms with Crippen LogP contribution in [0.5, 0.6) is 5.75 Å². The molecular formula is C20H18BrNO. The molecule has 0 aliphatic heterocycles. The van der Waals surface area contributed by atoms with E-state index in [0.29, 0.717) is 6.61 Å². The van der Waals surface area contributed by atoms with E-state index < -0.39 is 0 Å². The first-order valence-electron chi connectivity index (χ1n) is 7.55. The minimum Gasteiger partial charge on any atom is -0.489 e. The summed E-state index contributed by atoms with van der Waals surface area (Å²) >= 11 is 3.43. The Kier molecular flexibility index (Phi) is 5.33. The number of nitrogens with one attached hydrogen (secondary N) is 1. The quantitative estimate of drug-likeness (QED) is 0.608. The average molecular weight is 368 g/mol. The van der Waals surface area contributed by atoms with E-state index in [9.17, 15) is 0 Å². The monoisotopic (exact) mass is 367 g/mol. The molecule has 3 heteroatoms. The number of ether oxygens (including phenoxy) is 1. The van der Waals surface area contributed by atoms with Gasteiger partial charge in [0.2, 0.25) is 0 Å². The van der Waals surface area contributed by atoms with E-state index in [0.717, 1.165) is 28.0 Å². The number of halogens is 1. The van der Waals surface area contributed by atoms with Crippen molar-refractivity contribution in [3.63, 3.8) is 0 Å². The summed E-state index contributed by atoms with van der Waals surface area (Å²) < 4.78 is 6.89. The molecule has 3 aromatic rings. The zero-order valence-corrected chi connectivity index (χ0v) is 14.3. The Hall–Kier alpha value is -2.26. The van der Waals surface area contributed by atoms with Crippen molar-refractivity contribution in [2.75, 3.05) is 5.32 Å². The van der Waals surface area contributed by atoms with Crippen molar-refractivity contribution in [3.8, 4) is 5.75 Å². The van der Waals surface area contributed by atoms with Gasteiger partial charge in [0, 0.05) is 16.7 Å². The Morgan fingerprint density at radius 1 is 0.739 bits per heavy atom. The summed E-state index contributed by atoms with van der Waals surface area (Å²) in [5, 5.41) is 3.40. The lowest BCUT2D eigenvalue weighted by Gasteiger charge is -2.09. The van der Waals surface area contributed by atoms with Crippen molar-refractivity contribution in [1.29, 1.82) is 0 Å². The lowest BCUT2D eigenvalue weighted by molar-refractivity contribution is 0.306. The van der Waals surface area contributed by atoms with Crippen molar-refractivity contribution < 1.29 is 4.74 Å². The molecule has 0 saturated carbocycles. The van der Waals surface area contributed by atoms with Crippen LogP contribution in [0.15, 0.2) is 83.3 Å². The Balaban J connectivity index is 1.51. The molecule has 0 atom stereocenters. The SMILES string of the molecule is Brc1ccc(COc2ccc(CNc3ccccc3)cc2)cc1. The van der Waals surface area contributed by atoms with Crippen LogP contribution in [0.25, 0.3) is 0 Å². The number of hydrogen-bond acceptors (Lipinski definition) is 2. The summed E-state index contributed by atoms with van der Waals surface area (Å²) in [7, 11) is 0. The second-order valence-electron chi connectivity index (χ2n) is 5.28. The van der Waals surface area contributed by atoms with Crippen molar-refractivity contribution in [2.45, 2.75) is 13.2 Å². The molecule has 0 aliphatic rings. The van der Waals surface area contributed by atoms with Gasteiger partial charge >= 0.3 is 0 Å². The molecule has 0 fully saturated rings. The highest BCUT2D eigenvalue weighted by atomic mass is 79.9. The van der Waals surface area contributed by atoms with Crippen LogP contribution in [0.2, 0.25) is 0 Å². The first kappa shape index (κ1) is 15.6.